The zero-order chi connectivity index (χ0) is 9.68. The van der Waals surface area contributed by atoms with Crippen molar-refractivity contribution in [1.29, 1.82) is 0 Å². The summed E-state index contributed by atoms with van der Waals surface area (Å²) >= 11 is 5.11. The molecule has 0 radical (unpaired) electrons. The van der Waals surface area contributed by atoms with Gasteiger partial charge >= 0.3 is 0 Å². The van der Waals surface area contributed by atoms with E-state index < -0.39 is 0 Å². The van der Waals surface area contributed by atoms with Crippen LogP contribution >= 0.6 is 27.3 Å². The van der Waals surface area contributed by atoms with Crippen LogP contribution in [-0.4, -0.2) is 5.84 Å². The summed E-state index contributed by atoms with van der Waals surface area (Å²) in [5, 5.41) is 0. The van der Waals surface area contributed by atoms with Crippen molar-refractivity contribution in [3.63, 3.8) is 0 Å². The van der Waals surface area contributed by atoms with E-state index in [1.54, 1.807) is 11.3 Å². The SMILES string of the molecule is CCCC(N)=NCc1ccc(Br)s1. The molecule has 0 aromatic carbocycles. The molecule has 0 atom stereocenters. The Kier molecular flexibility index (Phi) is 4.45. The molecule has 1 heterocycles. The van der Waals surface area contributed by atoms with Crippen LogP contribution in [0.4, 0.5) is 0 Å². The molecule has 0 amide bonds. The normalized spacial score (nSPS) is 12.0. The predicted molar refractivity (Wildman–Crippen MR) is 62.3 cm³/mol. The Bertz CT molecular complexity index is 294. The molecule has 0 aliphatic heterocycles. The molecule has 72 valence electrons. The molecular weight excluding hydrogens is 248 g/mol. The molecule has 1 aromatic rings. The average molecular weight is 261 g/mol. The number of nitrogens with two attached hydrogens (primary N) is 1. The lowest BCUT2D eigenvalue weighted by Gasteiger charge is -1.96. The first-order valence-corrected chi connectivity index (χ1v) is 5.86. The fraction of sp³-hybridized carbons (Fsp3) is 0.444. The highest BCUT2D eigenvalue weighted by molar-refractivity contribution is 9.11. The first-order chi connectivity index (χ1) is 6.22. The summed E-state index contributed by atoms with van der Waals surface area (Å²) < 4.78 is 1.15. The Labute approximate surface area is 91.0 Å². The lowest BCUT2D eigenvalue weighted by Crippen LogP contribution is -2.10. The van der Waals surface area contributed by atoms with Crippen LogP contribution in [0.5, 0.6) is 0 Å². The molecule has 2 N–H and O–H groups in total. The number of hydrogen-bond acceptors (Lipinski definition) is 2. The van der Waals surface area contributed by atoms with Gasteiger partial charge in [-0.2, -0.15) is 0 Å². The van der Waals surface area contributed by atoms with E-state index in [0.29, 0.717) is 6.54 Å². The Hall–Kier alpha value is -0.350. The highest BCUT2D eigenvalue weighted by atomic mass is 79.9. The molecule has 0 saturated carbocycles. The van der Waals surface area contributed by atoms with Gasteiger partial charge in [0.1, 0.15) is 0 Å². The third-order valence-corrected chi connectivity index (χ3v) is 3.18. The van der Waals surface area contributed by atoms with Crippen LogP contribution < -0.4 is 5.73 Å². The summed E-state index contributed by atoms with van der Waals surface area (Å²) in [6.45, 7) is 2.81. The minimum absolute atomic E-state index is 0.710. The van der Waals surface area contributed by atoms with Crippen molar-refractivity contribution in [2.24, 2.45) is 10.7 Å². The first kappa shape index (κ1) is 10.7. The van der Waals surface area contributed by atoms with Crippen LogP contribution in [0, 0.1) is 0 Å². The van der Waals surface area contributed by atoms with Crippen LogP contribution in [0.15, 0.2) is 20.9 Å². The first-order valence-electron chi connectivity index (χ1n) is 4.25. The summed E-state index contributed by atoms with van der Waals surface area (Å²) in [7, 11) is 0. The summed E-state index contributed by atoms with van der Waals surface area (Å²) in [4.78, 5) is 5.52. The standard InChI is InChI=1S/C9H13BrN2S/c1-2-3-9(11)12-6-7-4-5-8(10)13-7/h4-5H,2-3,6H2,1H3,(H2,11,12). The van der Waals surface area contributed by atoms with E-state index in [2.05, 4.69) is 33.9 Å². The topological polar surface area (TPSA) is 38.4 Å². The third kappa shape index (κ3) is 3.91. The molecule has 0 fully saturated rings. The molecule has 2 nitrogen and oxygen atoms in total. The van der Waals surface area contributed by atoms with E-state index in [1.165, 1.54) is 4.88 Å². The van der Waals surface area contributed by atoms with Gasteiger partial charge in [-0.3, -0.25) is 4.99 Å². The van der Waals surface area contributed by atoms with Gasteiger partial charge in [0, 0.05) is 11.3 Å². The van der Waals surface area contributed by atoms with Crippen LogP contribution in [0.1, 0.15) is 24.6 Å². The molecule has 0 aliphatic rings. The number of nitrogens with zero attached hydrogens (tertiary/aromatic N) is 1. The van der Waals surface area contributed by atoms with Gasteiger partial charge in [0.2, 0.25) is 0 Å². The van der Waals surface area contributed by atoms with Crippen LogP contribution in [0.25, 0.3) is 0 Å². The number of halogens is 1. The lowest BCUT2D eigenvalue weighted by atomic mass is 10.3. The maximum absolute atomic E-state index is 5.68. The van der Waals surface area contributed by atoms with Crippen molar-refractivity contribution in [2.45, 2.75) is 26.3 Å². The van der Waals surface area contributed by atoms with E-state index in [9.17, 15) is 0 Å². The van der Waals surface area contributed by atoms with E-state index in [0.717, 1.165) is 22.5 Å². The van der Waals surface area contributed by atoms with Gasteiger partial charge in [-0.05, 0) is 34.5 Å². The number of rotatable bonds is 4. The van der Waals surface area contributed by atoms with Gasteiger partial charge in [0.05, 0.1) is 16.2 Å². The van der Waals surface area contributed by atoms with Crippen LogP contribution in [-0.2, 0) is 6.54 Å². The van der Waals surface area contributed by atoms with Crippen molar-refractivity contribution >= 4 is 33.1 Å². The summed E-state index contributed by atoms with van der Waals surface area (Å²) in [5.41, 5.74) is 5.68. The predicted octanol–water partition coefficient (Wildman–Crippen LogP) is 3.17. The minimum atomic E-state index is 0.710. The van der Waals surface area contributed by atoms with Gasteiger partial charge in [0.15, 0.2) is 0 Å². The molecule has 0 bridgehead atoms. The summed E-state index contributed by atoms with van der Waals surface area (Å²) in [6.07, 6.45) is 1.95. The molecule has 4 heteroatoms. The molecule has 0 spiro atoms. The van der Waals surface area contributed by atoms with Gasteiger partial charge in [0.25, 0.3) is 0 Å². The van der Waals surface area contributed by atoms with Crippen molar-refractivity contribution in [3.8, 4) is 0 Å². The Balaban J connectivity index is 2.46. The monoisotopic (exact) mass is 260 g/mol. The molecule has 13 heavy (non-hydrogen) atoms. The number of amidine groups is 1. The Morgan fingerprint density at radius 1 is 1.62 bits per heavy atom. The second-order valence-corrected chi connectivity index (χ2v) is 5.31. The van der Waals surface area contributed by atoms with Crippen LogP contribution in [0.2, 0.25) is 0 Å². The highest BCUT2D eigenvalue weighted by Gasteiger charge is 1.96. The molecule has 0 unspecified atom stereocenters. The lowest BCUT2D eigenvalue weighted by molar-refractivity contribution is 0.959. The smallest absolute Gasteiger partial charge is 0.0941 e. The largest absolute Gasteiger partial charge is 0.387 e. The fourth-order valence-electron chi connectivity index (χ4n) is 0.951. The van der Waals surface area contributed by atoms with Crippen molar-refractivity contribution in [2.75, 3.05) is 0 Å². The molecule has 0 aliphatic carbocycles. The van der Waals surface area contributed by atoms with E-state index in [4.69, 9.17) is 5.73 Å². The fourth-order valence-corrected chi connectivity index (χ4v) is 2.36. The van der Waals surface area contributed by atoms with Crippen LogP contribution in [0.3, 0.4) is 0 Å². The van der Waals surface area contributed by atoms with Gasteiger partial charge in [-0.25, -0.2) is 0 Å². The Morgan fingerprint density at radius 2 is 2.38 bits per heavy atom. The Morgan fingerprint density at radius 3 is 2.92 bits per heavy atom. The average Bonchev–Trinajstić information content (AvgIpc) is 2.49. The summed E-state index contributed by atoms with van der Waals surface area (Å²) in [6, 6.07) is 4.10. The van der Waals surface area contributed by atoms with E-state index in [1.807, 2.05) is 6.07 Å². The molecule has 1 rings (SSSR count). The second-order valence-electron chi connectivity index (χ2n) is 2.76. The molecular formula is C9H13BrN2S. The summed E-state index contributed by atoms with van der Waals surface area (Å²) in [5.74, 6) is 0.757. The second kappa shape index (κ2) is 5.40. The third-order valence-electron chi connectivity index (χ3n) is 1.57. The zero-order valence-electron chi connectivity index (χ0n) is 7.59. The van der Waals surface area contributed by atoms with Gasteiger partial charge in [-0.1, -0.05) is 6.92 Å². The highest BCUT2D eigenvalue weighted by Crippen LogP contribution is 2.22. The maximum Gasteiger partial charge on any atom is 0.0941 e. The van der Waals surface area contributed by atoms with E-state index in [-0.39, 0.29) is 0 Å². The van der Waals surface area contributed by atoms with Crippen molar-refractivity contribution in [3.05, 3.63) is 20.8 Å². The van der Waals surface area contributed by atoms with Gasteiger partial charge in [-0.15, -0.1) is 11.3 Å². The maximum atomic E-state index is 5.68. The number of hydrogen-bond donors (Lipinski definition) is 1. The number of aliphatic imine (C=N–C) groups is 1. The van der Waals surface area contributed by atoms with Crippen molar-refractivity contribution < 1.29 is 0 Å². The van der Waals surface area contributed by atoms with Crippen molar-refractivity contribution in [1.82, 2.24) is 0 Å². The molecule has 0 saturated heterocycles. The minimum Gasteiger partial charge on any atom is -0.387 e. The molecule has 1 aromatic heterocycles. The quantitative estimate of drug-likeness (QED) is 0.656. The zero-order valence-corrected chi connectivity index (χ0v) is 9.99. The van der Waals surface area contributed by atoms with E-state index >= 15 is 0 Å². The number of thiophene rings is 1. The van der Waals surface area contributed by atoms with Gasteiger partial charge < -0.3 is 5.73 Å².